The Hall–Kier alpha value is -3.80. The van der Waals surface area contributed by atoms with Crippen LogP contribution in [0, 0.1) is 0 Å². The molecule has 6 heteroatoms. The maximum absolute atomic E-state index is 12.9. The number of likely N-dealkylation sites (tertiary alicyclic amines) is 1. The first kappa shape index (κ1) is 22.4. The molecule has 1 heterocycles. The van der Waals surface area contributed by atoms with E-state index in [0.717, 1.165) is 11.1 Å². The first-order valence-corrected chi connectivity index (χ1v) is 11.1. The van der Waals surface area contributed by atoms with Crippen LogP contribution in [-0.2, 0) is 0 Å². The minimum Gasteiger partial charge on any atom is -0.497 e. The Morgan fingerprint density at radius 2 is 1.36 bits per heavy atom. The maximum Gasteiger partial charge on any atom is 0.253 e. The highest BCUT2D eigenvalue weighted by atomic mass is 16.5. The summed E-state index contributed by atoms with van der Waals surface area (Å²) in [5, 5.41) is 3.07. The van der Waals surface area contributed by atoms with E-state index in [1.165, 1.54) is 0 Å². The van der Waals surface area contributed by atoms with Crippen molar-refractivity contribution in [2.75, 3.05) is 27.3 Å². The largest absolute Gasteiger partial charge is 0.497 e. The SMILES string of the molecule is COc1cc(OC)cc(C(=O)NC2CCN(C(=O)c3ccc(-c4ccccc4)cc3)CC2)c1. The molecule has 1 N–H and O–H groups in total. The summed E-state index contributed by atoms with van der Waals surface area (Å²) >= 11 is 0. The molecule has 0 aromatic heterocycles. The van der Waals surface area contributed by atoms with Crippen LogP contribution in [0.5, 0.6) is 11.5 Å². The summed E-state index contributed by atoms with van der Waals surface area (Å²) in [4.78, 5) is 27.5. The van der Waals surface area contributed by atoms with E-state index < -0.39 is 0 Å². The van der Waals surface area contributed by atoms with Gasteiger partial charge in [-0.05, 0) is 48.2 Å². The van der Waals surface area contributed by atoms with Gasteiger partial charge in [0.2, 0.25) is 0 Å². The Morgan fingerprint density at radius 1 is 0.788 bits per heavy atom. The standard InChI is InChI=1S/C27H28N2O4/c1-32-24-16-22(17-25(18-24)33-2)26(30)28-23-12-14-29(15-13-23)27(31)21-10-8-20(9-11-21)19-6-4-3-5-7-19/h3-11,16-18,23H,12-15H2,1-2H3,(H,28,30). The fraction of sp³-hybridized carbons (Fsp3) is 0.259. The number of methoxy groups -OCH3 is 2. The zero-order chi connectivity index (χ0) is 23.2. The number of carbonyl (C=O) groups is 2. The number of amides is 2. The monoisotopic (exact) mass is 444 g/mol. The summed E-state index contributed by atoms with van der Waals surface area (Å²) < 4.78 is 10.5. The molecule has 0 bridgehead atoms. The summed E-state index contributed by atoms with van der Waals surface area (Å²) in [6.45, 7) is 1.21. The number of ether oxygens (including phenoxy) is 2. The molecule has 1 aliphatic rings. The van der Waals surface area contributed by atoms with Gasteiger partial charge in [0.1, 0.15) is 11.5 Å². The molecular formula is C27H28N2O4. The van der Waals surface area contributed by atoms with E-state index in [2.05, 4.69) is 17.4 Å². The van der Waals surface area contributed by atoms with Crippen molar-refractivity contribution in [1.82, 2.24) is 10.2 Å². The molecule has 3 aromatic rings. The molecule has 0 unspecified atom stereocenters. The Bertz CT molecular complexity index is 1080. The van der Waals surface area contributed by atoms with E-state index in [1.54, 1.807) is 32.4 Å². The number of nitrogens with zero attached hydrogens (tertiary/aromatic N) is 1. The van der Waals surface area contributed by atoms with Gasteiger partial charge in [0.15, 0.2) is 0 Å². The molecule has 0 aliphatic carbocycles. The van der Waals surface area contributed by atoms with Gasteiger partial charge in [0.05, 0.1) is 14.2 Å². The zero-order valence-electron chi connectivity index (χ0n) is 18.9. The lowest BCUT2D eigenvalue weighted by Crippen LogP contribution is -2.46. The van der Waals surface area contributed by atoms with Crippen molar-refractivity contribution >= 4 is 11.8 Å². The fourth-order valence-corrected chi connectivity index (χ4v) is 4.05. The summed E-state index contributed by atoms with van der Waals surface area (Å²) in [6.07, 6.45) is 1.42. The number of rotatable bonds is 6. The molecule has 170 valence electrons. The number of nitrogens with one attached hydrogen (secondary N) is 1. The molecule has 0 atom stereocenters. The fourth-order valence-electron chi connectivity index (χ4n) is 4.05. The number of benzene rings is 3. The third-order valence-corrected chi connectivity index (χ3v) is 5.97. The van der Waals surface area contributed by atoms with Crippen LogP contribution in [0.3, 0.4) is 0 Å². The highest BCUT2D eigenvalue weighted by Crippen LogP contribution is 2.24. The number of hydrogen-bond acceptors (Lipinski definition) is 4. The quantitative estimate of drug-likeness (QED) is 0.612. The summed E-state index contributed by atoms with van der Waals surface area (Å²) in [5.41, 5.74) is 3.38. The number of hydrogen-bond donors (Lipinski definition) is 1. The normalized spacial score (nSPS) is 13.9. The van der Waals surface area contributed by atoms with E-state index in [-0.39, 0.29) is 17.9 Å². The molecule has 0 spiro atoms. The molecule has 1 saturated heterocycles. The van der Waals surface area contributed by atoms with Crippen molar-refractivity contribution in [3.05, 3.63) is 83.9 Å². The van der Waals surface area contributed by atoms with E-state index >= 15 is 0 Å². The molecule has 1 aliphatic heterocycles. The van der Waals surface area contributed by atoms with Crippen molar-refractivity contribution in [3.8, 4) is 22.6 Å². The van der Waals surface area contributed by atoms with Crippen LogP contribution in [0.25, 0.3) is 11.1 Å². The van der Waals surface area contributed by atoms with Gasteiger partial charge in [-0.3, -0.25) is 9.59 Å². The van der Waals surface area contributed by atoms with Gasteiger partial charge in [-0.25, -0.2) is 0 Å². The summed E-state index contributed by atoms with van der Waals surface area (Å²) in [6, 6.07) is 23.0. The Labute approximate surface area is 194 Å². The summed E-state index contributed by atoms with van der Waals surface area (Å²) in [5.74, 6) is 0.988. The molecule has 6 nitrogen and oxygen atoms in total. The lowest BCUT2D eigenvalue weighted by atomic mass is 10.0. The van der Waals surface area contributed by atoms with E-state index in [0.29, 0.717) is 48.6 Å². The van der Waals surface area contributed by atoms with Crippen LogP contribution in [0.2, 0.25) is 0 Å². The highest BCUT2D eigenvalue weighted by Gasteiger charge is 2.25. The Kier molecular flexibility index (Phi) is 6.93. The minimum atomic E-state index is -0.173. The van der Waals surface area contributed by atoms with Crippen molar-refractivity contribution in [3.63, 3.8) is 0 Å². The van der Waals surface area contributed by atoms with Crippen LogP contribution in [0.15, 0.2) is 72.8 Å². The smallest absolute Gasteiger partial charge is 0.253 e. The Morgan fingerprint density at radius 3 is 1.94 bits per heavy atom. The molecule has 0 saturated carbocycles. The number of piperidine rings is 1. The number of carbonyl (C=O) groups excluding carboxylic acids is 2. The van der Waals surface area contributed by atoms with E-state index in [4.69, 9.17) is 9.47 Å². The van der Waals surface area contributed by atoms with Gasteiger partial charge in [0, 0.05) is 36.3 Å². The van der Waals surface area contributed by atoms with Crippen molar-refractivity contribution in [2.24, 2.45) is 0 Å². The van der Waals surface area contributed by atoms with E-state index in [9.17, 15) is 9.59 Å². The highest BCUT2D eigenvalue weighted by molar-refractivity contribution is 5.96. The van der Waals surface area contributed by atoms with Crippen LogP contribution < -0.4 is 14.8 Å². The lowest BCUT2D eigenvalue weighted by Gasteiger charge is -2.32. The van der Waals surface area contributed by atoms with Crippen molar-refractivity contribution in [1.29, 1.82) is 0 Å². The second kappa shape index (κ2) is 10.2. The molecule has 33 heavy (non-hydrogen) atoms. The molecule has 2 amide bonds. The van der Waals surface area contributed by atoms with Gasteiger partial charge in [-0.15, -0.1) is 0 Å². The molecule has 1 fully saturated rings. The van der Waals surface area contributed by atoms with Gasteiger partial charge < -0.3 is 19.7 Å². The molecular weight excluding hydrogens is 416 g/mol. The zero-order valence-corrected chi connectivity index (χ0v) is 18.9. The first-order chi connectivity index (χ1) is 16.1. The van der Waals surface area contributed by atoms with Crippen LogP contribution in [-0.4, -0.2) is 50.1 Å². The van der Waals surface area contributed by atoms with Crippen molar-refractivity contribution < 1.29 is 19.1 Å². The topological polar surface area (TPSA) is 67.9 Å². The molecule has 4 rings (SSSR count). The van der Waals surface area contributed by atoms with E-state index in [1.807, 2.05) is 47.4 Å². The molecule has 0 radical (unpaired) electrons. The average molecular weight is 445 g/mol. The van der Waals surface area contributed by atoms with Gasteiger partial charge in [-0.2, -0.15) is 0 Å². The predicted octanol–water partition coefficient (Wildman–Crippen LogP) is 4.41. The maximum atomic E-state index is 12.9. The average Bonchev–Trinajstić information content (AvgIpc) is 2.89. The third kappa shape index (κ3) is 5.34. The van der Waals surface area contributed by atoms with Crippen LogP contribution >= 0.6 is 0 Å². The second-order valence-electron chi connectivity index (χ2n) is 8.08. The molecule has 3 aromatic carbocycles. The minimum absolute atomic E-state index is 0.0132. The lowest BCUT2D eigenvalue weighted by molar-refractivity contribution is 0.0698. The van der Waals surface area contributed by atoms with Crippen LogP contribution in [0.4, 0.5) is 0 Å². The third-order valence-electron chi connectivity index (χ3n) is 5.97. The summed E-state index contributed by atoms with van der Waals surface area (Å²) in [7, 11) is 3.11. The second-order valence-corrected chi connectivity index (χ2v) is 8.08. The van der Waals surface area contributed by atoms with Gasteiger partial charge in [-0.1, -0.05) is 42.5 Å². The first-order valence-electron chi connectivity index (χ1n) is 11.1. The van der Waals surface area contributed by atoms with Gasteiger partial charge >= 0.3 is 0 Å². The predicted molar refractivity (Wildman–Crippen MR) is 128 cm³/mol. The van der Waals surface area contributed by atoms with Crippen LogP contribution in [0.1, 0.15) is 33.6 Å². The van der Waals surface area contributed by atoms with Crippen molar-refractivity contribution in [2.45, 2.75) is 18.9 Å². The Balaban J connectivity index is 1.33. The van der Waals surface area contributed by atoms with Gasteiger partial charge in [0.25, 0.3) is 11.8 Å².